The Balaban J connectivity index is 2.00. The van der Waals surface area contributed by atoms with Gasteiger partial charge in [-0.05, 0) is 37.6 Å². The third-order valence-electron chi connectivity index (χ3n) is 2.94. The molecule has 1 saturated heterocycles. The van der Waals surface area contributed by atoms with Crippen LogP contribution in [0.25, 0.3) is 0 Å². The van der Waals surface area contributed by atoms with E-state index in [-0.39, 0.29) is 11.6 Å². The van der Waals surface area contributed by atoms with Gasteiger partial charge < -0.3 is 10.1 Å². The molecule has 1 N–H and O–H groups in total. The standard InChI is InChI=1S/C13H17Cl2NO/c1-13(2)8-17-11(7-16-13)6-9-5-10(14)3-4-12(9)15/h3-5,11,16H,6-8H2,1-2H3. The summed E-state index contributed by atoms with van der Waals surface area (Å²) in [7, 11) is 0. The van der Waals surface area contributed by atoms with Crippen LogP contribution < -0.4 is 5.32 Å². The fourth-order valence-corrected chi connectivity index (χ4v) is 2.29. The van der Waals surface area contributed by atoms with Gasteiger partial charge in [0.2, 0.25) is 0 Å². The van der Waals surface area contributed by atoms with Crippen LogP contribution in [0.2, 0.25) is 10.0 Å². The van der Waals surface area contributed by atoms with Crippen LogP contribution >= 0.6 is 23.2 Å². The Morgan fingerprint density at radius 1 is 1.41 bits per heavy atom. The highest BCUT2D eigenvalue weighted by molar-refractivity contribution is 6.33. The maximum Gasteiger partial charge on any atom is 0.0741 e. The van der Waals surface area contributed by atoms with Crippen LogP contribution in [0.3, 0.4) is 0 Å². The van der Waals surface area contributed by atoms with Gasteiger partial charge in [-0.15, -0.1) is 0 Å². The Morgan fingerprint density at radius 2 is 2.18 bits per heavy atom. The molecule has 0 spiro atoms. The minimum Gasteiger partial charge on any atom is -0.375 e. The molecule has 1 heterocycles. The highest BCUT2D eigenvalue weighted by atomic mass is 35.5. The summed E-state index contributed by atoms with van der Waals surface area (Å²) in [4.78, 5) is 0. The molecule has 1 aromatic carbocycles. The van der Waals surface area contributed by atoms with E-state index in [1.807, 2.05) is 12.1 Å². The molecule has 1 aliphatic rings. The summed E-state index contributed by atoms with van der Waals surface area (Å²) in [5.74, 6) is 0. The fourth-order valence-electron chi connectivity index (χ4n) is 1.90. The van der Waals surface area contributed by atoms with Crippen molar-refractivity contribution in [2.24, 2.45) is 0 Å². The van der Waals surface area contributed by atoms with Gasteiger partial charge in [-0.3, -0.25) is 0 Å². The first kappa shape index (κ1) is 13.2. The van der Waals surface area contributed by atoms with Crippen molar-refractivity contribution in [1.29, 1.82) is 0 Å². The third-order valence-corrected chi connectivity index (χ3v) is 3.55. The maximum atomic E-state index is 6.14. The van der Waals surface area contributed by atoms with Crippen LogP contribution in [0.5, 0.6) is 0 Å². The van der Waals surface area contributed by atoms with Crippen molar-refractivity contribution in [2.75, 3.05) is 13.2 Å². The highest BCUT2D eigenvalue weighted by Gasteiger charge is 2.27. The molecule has 0 radical (unpaired) electrons. The van der Waals surface area contributed by atoms with Gasteiger partial charge in [0.05, 0.1) is 12.7 Å². The predicted octanol–water partition coefficient (Wildman–Crippen LogP) is 3.30. The lowest BCUT2D eigenvalue weighted by atomic mass is 10.0. The topological polar surface area (TPSA) is 21.3 Å². The number of benzene rings is 1. The summed E-state index contributed by atoms with van der Waals surface area (Å²) in [5.41, 5.74) is 1.11. The van der Waals surface area contributed by atoms with Gasteiger partial charge in [0.1, 0.15) is 0 Å². The van der Waals surface area contributed by atoms with Crippen molar-refractivity contribution in [1.82, 2.24) is 5.32 Å². The summed E-state index contributed by atoms with van der Waals surface area (Å²) in [5, 5.41) is 4.93. The highest BCUT2D eigenvalue weighted by Crippen LogP contribution is 2.23. The van der Waals surface area contributed by atoms with Gasteiger partial charge in [-0.1, -0.05) is 23.2 Å². The van der Waals surface area contributed by atoms with Gasteiger partial charge in [0.15, 0.2) is 0 Å². The lowest BCUT2D eigenvalue weighted by molar-refractivity contribution is -0.0206. The smallest absolute Gasteiger partial charge is 0.0741 e. The number of nitrogens with one attached hydrogen (secondary N) is 1. The predicted molar refractivity (Wildman–Crippen MR) is 72.0 cm³/mol. The van der Waals surface area contributed by atoms with Gasteiger partial charge in [0, 0.05) is 28.5 Å². The van der Waals surface area contributed by atoms with Crippen LogP contribution in [0, 0.1) is 0 Å². The summed E-state index contributed by atoms with van der Waals surface area (Å²) in [6, 6.07) is 5.54. The van der Waals surface area contributed by atoms with Gasteiger partial charge >= 0.3 is 0 Å². The number of hydrogen-bond donors (Lipinski definition) is 1. The van der Waals surface area contributed by atoms with Gasteiger partial charge in [-0.2, -0.15) is 0 Å². The van der Waals surface area contributed by atoms with Crippen molar-refractivity contribution in [3.63, 3.8) is 0 Å². The van der Waals surface area contributed by atoms with E-state index in [4.69, 9.17) is 27.9 Å². The molecule has 0 amide bonds. The summed E-state index contributed by atoms with van der Waals surface area (Å²) in [6.07, 6.45) is 0.960. The largest absolute Gasteiger partial charge is 0.375 e. The molecule has 17 heavy (non-hydrogen) atoms. The molecule has 1 atom stereocenters. The van der Waals surface area contributed by atoms with E-state index in [1.54, 1.807) is 6.07 Å². The number of halogens is 2. The second kappa shape index (κ2) is 5.15. The van der Waals surface area contributed by atoms with Crippen molar-refractivity contribution >= 4 is 23.2 Å². The SMILES string of the molecule is CC1(C)COC(Cc2cc(Cl)ccc2Cl)CN1. The minimum atomic E-state index is 0.0641. The zero-order chi connectivity index (χ0) is 12.5. The number of ether oxygens (including phenoxy) is 1. The molecule has 2 rings (SSSR count). The molecule has 1 aliphatic heterocycles. The zero-order valence-corrected chi connectivity index (χ0v) is 11.6. The molecule has 1 aromatic rings. The monoisotopic (exact) mass is 273 g/mol. The maximum absolute atomic E-state index is 6.14. The second-order valence-corrected chi connectivity index (χ2v) is 5.98. The Hall–Kier alpha value is -0.280. The lowest BCUT2D eigenvalue weighted by Gasteiger charge is -2.36. The minimum absolute atomic E-state index is 0.0641. The Labute approximate surface area is 112 Å². The van der Waals surface area contributed by atoms with E-state index < -0.39 is 0 Å². The van der Waals surface area contributed by atoms with Crippen molar-refractivity contribution in [2.45, 2.75) is 31.9 Å². The second-order valence-electron chi connectivity index (χ2n) is 5.14. The van der Waals surface area contributed by atoms with Crippen LogP contribution in [-0.4, -0.2) is 24.8 Å². The van der Waals surface area contributed by atoms with E-state index in [2.05, 4.69) is 19.2 Å². The molecule has 4 heteroatoms. The Bertz CT molecular complexity index is 396. The van der Waals surface area contributed by atoms with Gasteiger partial charge in [-0.25, -0.2) is 0 Å². The molecule has 2 nitrogen and oxygen atoms in total. The van der Waals surface area contributed by atoms with E-state index >= 15 is 0 Å². The van der Waals surface area contributed by atoms with Crippen LogP contribution in [0.4, 0.5) is 0 Å². The first-order chi connectivity index (χ1) is 7.96. The molecule has 94 valence electrons. The van der Waals surface area contributed by atoms with Crippen LogP contribution in [-0.2, 0) is 11.2 Å². The van der Waals surface area contributed by atoms with Crippen molar-refractivity contribution in [3.05, 3.63) is 33.8 Å². The summed E-state index contributed by atoms with van der Waals surface area (Å²) < 4.78 is 5.83. The molecule has 0 saturated carbocycles. The normalized spacial score (nSPS) is 23.6. The van der Waals surface area contributed by atoms with Crippen LogP contribution in [0.1, 0.15) is 19.4 Å². The number of rotatable bonds is 2. The van der Waals surface area contributed by atoms with E-state index in [0.29, 0.717) is 5.02 Å². The number of hydrogen-bond acceptors (Lipinski definition) is 2. The Morgan fingerprint density at radius 3 is 2.82 bits per heavy atom. The third kappa shape index (κ3) is 3.59. The van der Waals surface area contributed by atoms with Crippen molar-refractivity contribution < 1.29 is 4.74 Å². The van der Waals surface area contributed by atoms with Gasteiger partial charge in [0.25, 0.3) is 0 Å². The van der Waals surface area contributed by atoms with E-state index in [9.17, 15) is 0 Å². The lowest BCUT2D eigenvalue weighted by Crippen LogP contribution is -2.53. The number of morpholine rings is 1. The molecule has 1 fully saturated rings. The molecule has 0 bridgehead atoms. The first-order valence-electron chi connectivity index (χ1n) is 5.77. The van der Waals surface area contributed by atoms with E-state index in [1.165, 1.54) is 0 Å². The average molecular weight is 274 g/mol. The zero-order valence-electron chi connectivity index (χ0n) is 10.1. The molecular formula is C13H17Cl2NO. The molecule has 0 aromatic heterocycles. The first-order valence-corrected chi connectivity index (χ1v) is 6.52. The van der Waals surface area contributed by atoms with Crippen LogP contribution in [0.15, 0.2) is 18.2 Å². The van der Waals surface area contributed by atoms with E-state index in [0.717, 1.165) is 30.2 Å². The average Bonchev–Trinajstić information content (AvgIpc) is 2.26. The quantitative estimate of drug-likeness (QED) is 0.893. The summed E-state index contributed by atoms with van der Waals surface area (Å²) >= 11 is 12.1. The molecule has 1 unspecified atom stereocenters. The Kier molecular flexibility index (Phi) is 3.99. The molecular weight excluding hydrogens is 257 g/mol. The fraction of sp³-hybridized carbons (Fsp3) is 0.538. The van der Waals surface area contributed by atoms with Crippen molar-refractivity contribution in [3.8, 4) is 0 Å². The molecule has 0 aliphatic carbocycles. The summed E-state index contributed by atoms with van der Waals surface area (Å²) in [6.45, 7) is 5.83.